The third-order valence-corrected chi connectivity index (χ3v) is 6.62. The second-order valence-corrected chi connectivity index (χ2v) is 8.67. The van der Waals surface area contributed by atoms with Crippen LogP contribution >= 0.6 is 0 Å². The summed E-state index contributed by atoms with van der Waals surface area (Å²) in [5, 5.41) is 9.37. The first-order chi connectivity index (χ1) is 16.4. The highest BCUT2D eigenvalue weighted by Crippen LogP contribution is 2.30. The predicted octanol–water partition coefficient (Wildman–Crippen LogP) is 1.32. The highest BCUT2D eigenvalue weighted by atomic mass is 16.3. The zero-order valence-corrected chi connectivity index (χ0v) is 18.3. The maximum absolute atomic E-state index is 13.2. The number of aliphatic hydroxyl groups excluding tert-OH is 1. The van der Waals surface area contributed by atoms with Crippen molar-refractivity contribution in [2.24, 2.45) is 0 Å². The number of imide groups is 2. The summed E-state index contributed by atoms with van der Waals surface area (Å²) < 4.78 is 0. The summed E-state index contributed by atoms with van der Waals surface area (Å²) in [6.45, 7) is 0.378. The standard InChI is InChI=1S/C25H23N3O6/c29-14-15-13-27(15)25(34)20(28-23(32)18-9-3-4-10-19(18)24(28)33)11-5-6-12-26-21(30)16-7-1-2-8-17(16)22(26)31/h1-4,7-10,15,20,29H,5-6,11-14H2. The number of hydrogen-bond acceptors (Lipinski definition) is 6. The van der Waals surface area contributed by atoms with E-state index in [0.29, 0.717) is 30.5 Å². The fourth-order valence-electron chi connectivity index (χ4n) is 4.70. The molecule has 2 aromatic rings. The molecule has 3 heterocycles. The molecule has 2 atom stereocenters. The zero-order chi connectivity index (χ0) is 24.0. The summed E-state index contributed by atoms with van der Waals surface area (Å²) in [5.74, 6) is -2.09. The Morgan fingerprint density at radius 3 is 1.79 bits per heavy atom. The number of fused-ring (bicyclic) bond motifs is 2. The summed E-state index contributed by atoms with van der Waals surface area (Å²) in [5.41, 5.74) is 1.29. The van der Waals surface area contributed by atoms with Crippen molar-refractivity contribution >= 4 is 29.5 Å². The Balaban J connectivity index is 1.28. The Labute approximate surface area is 195 Å². The molecule has 5 amide bonds. The Bertz CT molecular complexity index is 1150. The van der Waals surface area contributed by atoms with Gasteiger partial charge in [0.2, 0.25) is 5.91 Å². The molecule has 1 fully saturated rings. The minimum Gasteiger partial charge on any atom is -0.394 e. The molecule has 34 heavy (non-hydrogen) atoms. The number of carbonyl (C=O) groups excluding carboxylic acids is 5. The van der Waals surface area contributed by atoms with Crippen LogP contribution in [-0.4, -0.2) is 81.1 Å². The van der Waals surface area contributed by atoms with E-state index in [9.17, 15) is 29.1 Å². The van der Waals surface area contributed by atoms with Gasteiger partial charge in [-0.05, 0) is 43.5 Å². The number of unbranched alkanes of at least 4 members (excludes halogenated alkanes) is 1. The maximum Gasteiger partial charge on any atom is 0.262 e. The Kier molecular flexibility index (Phi) is 5.49. The van der Waals surface area contributed by atoms with Crippen molar-refractivity contribution in [3.63, 3.8) is 0 Å². The molecule has 3 aliphatic rings. The van der Waals surface area contributed by atoms with Gasteiger partial charge in [-0.15, -0.1) is 0 Å². The molecule has 0 radical (unpaired) electrons. The summed E-state index contributed by atoms with van der Waals surface area (Å²) in [6.07, 6.45) is 1.03. The van der Waals surface area contributed by atoms with Crippen LogP contribution in [0.15, 0.2) is 48.5 Å². The van der Waals surface area contributed by atoms with Crippen LogP contribution in [0.2, 0.25) is 0 Å². The van der Waals surface area contributed by atoms with Crippen LogP contribution < -0.4 is 0 Å². The van der Waals surface area contributed by atoms with Gasteiger partial charge in [0.15, 0.2) is 0 Å². The average molecular weight is 461 g/mol. The monoisotopic (exact) mass is 461 g/mol. The van der Waals surface area contributed by atoms with Crippen molar-refractivity contribution in [2.45, 2.75) is 31.3 Å². The van der Waals surface area contributed by atoms with Gasteiger partial charge in [0, 0.05) is 13.1 Å². The van der Waals surface area contributed by atoms with Crippen LogP contribution in [0.5, 0.6) is 0 Å². The van der Waals surface area contributed by atoms with Gasteiger partial charge in [0.25, 0.3) is 23.6 Å². The normalized spacial score (nSPS) is 19.6. The number of nitrogens with zero attached hydrogens (tertiary/aromatic N) is 3. The zero-order valence-electron chi connectivity index (χ0n) is 18.3. The first-order valence-electron chi connectivity index (χ1n) is 11.3. The number of carbonyl (C=O) groups is 5. The molecule has 1 saturated heterocycles. The molecule has 0 spiro atoms. The smallest absolute Gasteiger partial charge is 0.262 e. The van der Waals surface area contributed by atoms with Crippen LogP contribution in [-0.2, 0) is 4.79 Å². The van der Waals surface area contributed by atoms with Gasteiger partial charge in [-0.3, -0.25) is 33.8 Å². The van der Waals surface area contributed by atoms with E-state index in [-0.39, 0.29) is 54.5 Å². The molecule has 0 saturated carbocycles. The average Bonchev–Trinajstić information content (AvgIpc) is 3.56. The van der Waals surface area contributed by atoms with Gasteiger partial charge in [-0.1, -0.05) is 24.3 Å². The van der Waals surface area contributed by atoms with E-state index in [4.69, 9.17) is 0 Å². The first kappa shape index (κ1) is 22.0. The SMILES string of the molecule is O=C1c2ccccc2C(=O)N1CCCCC(C(=O)N1CC1CO)N1C(=O)c2ccccc2C1=O. The molecule has 174 valence electrons. The van der Waals surface area contributed by atoms with Gasteiger partial charge in [-0.25, -0.2) is 0 Å². The highest BCUT2D eigenvalue weighted by Gasteiger charge is 2.48. The van der Waals surface area contributed by atoms with Crippen molar-refractivity contribution in [2.75, 3.05) is 19.7 Å². The number of hydrogen-bond donors (Lipinski definition) is 1. The lowest BCUT2D eigenvalue weighted by Crippen LogP contribution is -2.47. The molecule has 2 unspecified atom stereocenters. The van der Waals surface area contributed by atoms with E-state index in [1.54, 1.807) is 48.5 Å². The molecule has 1 N–H and O–H groups in total. The van der Waals surface area contributed by atoms with Gasteiger partial charge < -0.3 is 10.0 Å². The molecular formula is C25H23N3O6. The minimum absolute atomic E-state index is 0.179. The molecule has 0 aromatic heterocycles. The fraction of sp³-hybridized carbons (Fsp3) is 0.320. The third kappa shape index (κ3) is 3.49. The van der Waals surface area contributed by atoms with Crippen LogP contribution in [0.4, 0.5) is 0 Å². The van der Waals surface area contributed by atoms with Gasteiger partial charge in [0.1, 0.15) is 6.04 Å². The fourth-order valence-corrected chi connectivity index (χ4v) is 4.70. The van der Waals surface area contributed by atoms with Crippen LogP contribution in [0.3, 0.4) is 0 Å². The van der Waals surface area contributed by atoms with Gasteiger partial charge in [0.05, 0.1) is 34.9 Å². The van der Waals surface area contributed by atoms with Crippen molar-refractivity contribution in [3.8, 4) is 0 Å². The van der Waals surface area contributed by atoms with Crippen molar-refractivity contribution < 1.29 is 29.1 Å². The molecule has 3 aliphatic heterocycles. The van der Waals surface area contributed by atoms with Crippen LogP contribution in [0.25, 0.3) is 0 Å². The van der Waals surface area contributed by atoms with E-state index in [1.807, 2.05) is 0 Å². The summed E-state index contributed by atoms with van der Waals surface area (Å²) in [6, 6.07) is 11.8. The van der Waals surface area contributed by atoms with Crippen molar-refractivity contribution in [1.82, 2.24) is 14.7 Å². The summed E-state index contributed by atoms with van der Waals surface area (Å²) in [4.78, 5) is 67.9. The lowest BCUT2D eigenvalue weighted by atomic mass is 10.1. The number of benzene rings is 2. The maximum atomic E-state index is 13.2. The lowest BCUT2D eigenvalue weighted by Gasteiger charge is -2.26. The predicted molar refractivity (Wildman–Crippen MR) is 119 cm³/mol. The van der Waals surface area contributed by atoms with Crippen molar-refractivity contribution in [3.05, 3.63) is 70.8 Å². The third-order valence-electron chi connectivity index (χ3n) is 6.62. The van der Waals surface area contributed by atoms with Crippen molar-refractivity contribution in [1.29, 1.82) is 0 Å². The Morgan fingerprint density at radius 1 is 0.824 bits per heavy atom. The minimum atomic E-state index is -1.01. The Hall–Kier alpha value is -3.85. The van der Waals surface area contributed by atoms with Gasteiger partial charge in [-0.2, -0.15) is 0 Å². The number of aliphatic hydroxyl groups is 1. The number of amides is 5. The first-order valence-corrected chi connectivity index (χ1v) is 11.3. The topological polar surface area (TPSA) is 115 Å². The van der Waals surface area contributed by atoms with E-state index < -0.39 is 17.9 Å². The molecule has 9 heteroatoms. The van der Waals surface area contributed by atoms with Crippen LogP contribution in [0.1, 0.15) is 60.7 Å². The van der Waals surface area contributed by atoms with E-state index in [1.165, 1.54) is 9.80 Å². The summed E-state index contributed by atoms with van der Waals surface area (Å²) in [7, 11) is 0. The second kappa shape index (κ2) is 8.49. The quantitative estimate of drug-likeness (QED) is 0.360. The highest BCUT2D eigenvalue weighted by molar-refractivity contribution is 6.23. The molecule has 0 aliphatic carbocycles. The lowest BCUT2D eigenvalue weighted by molar-refractivity contribution is -0.130. The molecule has 5 rings (SSSR count). The molecule has 9 nitrogen and oxygen atoms in total. The molecule has 2 aromatic carbocycles. The van der Waals surface area contributed by atoms with E-state index in [2.05, 4.69) is 0 Å². The summed E-state index contributed by atoms with van der Waals surface area (Å²) >= 11 is 0. The van der Waals surface area contributed by atoms with E-state index >= 15 is 0 Å². The van der Waals surface area contributed by atoms with E-state index in [0.717, 1.165) is 4.90 Å². The van der Waals surface area contributed by atoms with Gasteiger partial charge >= 0.3 is 0 Å². The number of rotatable bonds is 8. The molecule has 0 bridgehead atoms. The second-order valence-electron chi connectivity index (χ2n) is 8.67. The molecular weight excluding hydrogens is 438 g/mol. The largest absolute Gasteiger partial charge is 0.394 e. The Morgan fingerprint density at radius 2 is 1.32 bits per heavy atom. The van der Waals surface area contributed by atoms with Crippen LogP contribution in [0, 0.1) is 0 Å².